The first-order valence-electron chi connectivity index (χ1n) is 8.08. The molecule has 1 aromatic rings. The van der Waals surface area contributed by atoms with E-state index < -0.39 is 0 Å². The highest BCUT2D eigenvalue weighted by molar-refractivity contribution is 9.10. The Morgan fingerprint density at radius 1 is 1.09 bits per heavy atom. The summed E-state index contributed by atoms with van der Waals surface area (Å²) in [4.78, 5) is 24.6. The number of rotatable bonds is 8. The predicted molar refractivity (Wildman–Crippen MR) is 97.5 cm³/mol. The second-order valence-electron chi connectivity index (χ2n) is 5.70. The van der Waals surface area contributed by atoms with Gasteiger partial charge in [0.05, 0.1) is 0 Å². The van der Waals surface area contributed by atoms with Gasteiger partial charge in [-0.1, -0.05) is 28.8 Å². The van der Waals surface area contributed by atoms with Crippen molar-refractivity contribution in [1.82, 2.24) is 10.6 Å². The second kappa shape index (κ2) is 9.98. The molecule has 1 fully saturated rings. The van der Waals surface area contributed by atoms with Crippen molar-refractivity contribution in [3.63, 3.8) is 0 Å². The van der Waals surface area contributed by atoms with E-state index in [0.717, 1.165) is 28.0 Å². The summed E-state index contributed by atoms with van der Waals surface area (Å²) in [5.74, 6) is 0.784. The van der Waals surface area contributed by atoms with Crippen molar-refractivity contribution in [3.8, 4) is 0 Å². The van der Waals surface area contributed by atoms with Crippen molar-refractivity contribution in [2.24, 2.45) is 0 Å². The Balaban J connectivity index is 1.52. The molecule has 0 heterocycles. The van der Waals surface area contributed by atoms with Crippen molar-refractivity contribution < 1.29 is 9.59 Å². The average Bonchev–Trinajstić information content (AvgIpc) is 3.02. The SMILES string of the molecule is O=C(CCSc1ccc(Br)cc1)NCCC(=O)NC1CCCC1. The summed E-state index contributed by atoms with van der Waals surface area (Å²) in [7, 11) is 0. The lowest BCUT2D eigenvalue weighted by molar-refractivity contribution is -0.122. The molecule has 1 aromatic carbocycles. The Kier molecular flexibility index (Phi) is 7.95. The normalized spacial score (nSPS) is 14.7. The molecule has 0 aromatic heterocycles. The van der Waals surface area contributed by atoms with Crippen molar-refractivity contribution >= 4 is 39.5 Å². The maximum atomic E-state index is 11.7. The third-order valence-electron chi connectivity index (χ3n) is 3.81. The van der Waals surface area contributed by atoms with Gasteiger partial charge in [-0.15, -0.1) is 11.8 Å². The highest BCUT2D eigenvalue weighted by atomic mass is 79.9. The maximum absolute atomic E-state index is 11.7. The first kappa shape index (κ1) is 18.3. The largest absolute Gasteiger partial charge is 0.356 e. The molecule has 4 nitrogen and oxygen atoms in total. The van der Waals surface area contributed by atoms with E-state index in [2.05, 4.69) is 26.6 Å². The Labute approximate surface area is 150 Å². The van der Waals surface area contributed by atoms with Gasteiger partial charge in [-0.25, -0.2) is 0 Å². The number of carbonyl (C=O) groups is 2. The number of amides is 2. The number of halogens is 1. The third-order valence-corrected chi connectivity index (χ3v) is 5.35. The number of carbonyl (C=O) groups excluding carboxylic acids is 2. The lowest BCUT2D eigenvalue weighted by Crippen LogP contribution is -2.35. The number of nitrogens with one attached hydrogen (secondary N) is 2. The standard InChI is InChI=1S/C17H23BrN2O2S/c18-13-5-7-15(8-6-13)23-12-10-16(21)19-11-9-17(22)20-14-3-1-2-4-14/h5-8,14H,1-4,9-12H2,(H,19,21)(H,20,22). The molecule has 2 rings (SSSR count). The monoisotopic (exact) mass is 398 g/mol. The van der Waals surface area contributed by atoms with Crippen LogP contribution in [0.4, 0.5) is 0 Å². The van der Waals surface area contributed by atoms with E-state index in [-0.39, 0.29) is 11.8 Å². The molecule has 1 aliphatic rings. The molecule has 0 bridgehead atoms. The quantitative estimate of drug-likeness (QED) is 0.658. The van der Waals surface area contributed by atoms with Crippen LogP contribution in [0.15, 0.2) is 33.6 Å². The fourth-order valence-electron chi connectivity index (χ4n) is 2.57. The highest BCUT2D eigenvalue weighted by Gasteiger charge is 2.16. The predicted octanol–water partition coefficient (Wildman–Crippen LogP) is 3.50. The van der Waals surface area contributed by atoms with E-state index in [1.165, 1.54) is 12.8 Å². The van der Waals surface area contributed by atoms with E-state index >= 15 is 0 Å². The highest BCUT2D eigenvalue weighted by Crippen LogP contribution is 2.21. The lowest BCUT2D eigenvalue weighted by Gasteiger charge is -2.12. The van der Waals surface area contributed by atoms with Crippen LogP contribution in [0.1, 0.15) is 38.5 Å². The van der Waals surface area contributed by atoms with Gasteiger partial charge in [0, 0.05) is 40.5 Å². The summed E-state index contributed by atoms with van der Waals surface area (Å²) in [6.45, 7) is 0.417. The third kappa shape index (κ3) is 7.40. The van der Waals surface area contributed by atoms with Crippen LogP contribution in [0.2, 0.25) is 0 Å². The first-order valence-corrected chi connectivity index (χ1v) is 9.86. The number of hydrogen-bond donors (Lipinski definition) is 2. The van der Waals surface area contributed by atoms with Crippen molar-refractivity contribution in [3.05, 3.63) is 28.7 Å². The van der Waals surface area contributed by atoms with Gasteiger partial charge < -0.3 is 10.6 Å². The summed E-state index contributed by atoms with van der Waals surface area (Å²) in [6.07, 6.45) is 5.42. The molecule has 0 radical (unpaired) electrons. The molecule has 23 heavy (non-hydrogen) atoms. The molecule has 1 saturated carbocycles. The molecule has 0 saturated heterocycles. The summed E-state index contributed by atoms with van der Waals surface area (Å²) in [6, 6.07) is 8.39. The van der Waals surface area contributed by atoms with Gasteiger partial charge in [-0.05, 0) is 37.1 Å². The average molecular weight is 399 g/mol. The van der Waals surface area contributed by atoms with Gasteiger partial charge in [0.25, 0.3) is 0 Å². The summed E-state index contributed by atoms with van der Waals surface area (Å²) in [5.41, 5.74) is 0. The fraction of sp³-hybridized carbons (Fsp3) is 0.529. The molecular weight excluding hydrogens is 376 g/mol. The summed E-state index contributed by atoms with van der Waals surface area (Å²) >= 11 is 5.06. The fourth-order valence-corrected chi connectivity index (χ4v) is 3.68. The topological polar surface area (TPSA) is 58.2 Å². The van der Waals surface area contributed by atoms with Crippen LogP contribution in [0.5, 0.6) is 0 Å². The molecule has 126 valence electrons. The number of hydrogen-bond acceptors (Lipinski definition) is 3. The Hall–Kier alpha value is -1.01. The molecule has 6 heteroatoms. The lowest BCUT2D eigenvalue weighted by atomic mass is 10.2. The van der Waals surface area contributed by atoms with Crippen molar-refractivity contribution in [1.29, 1.82) is 0 Å². The second-order valence-corrected chi connectivity index (χ2v) is 7.79. The zero-order valence-corrected chi connectivity index (χ0v) is 15.5. The van der Waals surface area contributed by atoms with Crippen LogP contribution in [0.25, 0.3) is 0 Å². The smallest absolute Gasteiger partial charge is 0.221 e. The van der Waals surface area contributed by atoms with Gasteiger partial charge in [0.15, 0.2) is 0 Å². The molecular formula is C17H23BrN2O2S. The minimum atomic E-state index is 0.00304. The van der Waals surface area contributed by atoms with E-state index in [9.17, 15) is 9.59 Å². The van der Waals surface area contributed by atoms with Gasteiger partial charge in [-0.3, -0.25) is 9.59 Å². The molecule has 0 spiro atoms. The van der Waals surface area contributed by atoms with Crippen molar-refractivity contribution in [2.75, 3.05) is 12.3 Å². The van der Waals surface area contributed by atoms with Gasteiger partial charge in [-0.2, -0.15) is 0 Å². The molecule has 0 unspecified atom stereocenters. The van der Waals surface area contributed by atoms with Crippen LogP contribution in [-0.2, 0) is 9.59 Å². The molecule has 2 N–H and O–H groups in total. The van der Waals surface area contributed by atoms with E-state index in [1.54, 1.807) is 11.8 Å². The van der Waals surface area contributed by atoms with Crippen LogP contribution in [-0.4, -0.2) is 30.2 Å². The molecule has 2 amide bonds. The van der Waals surface area contributed by atoms with Gasteiger partial charge in [0.1, 0.15) is 0 Å². The molecule has 0 aliphatic heterocycles. The molecule has 0 atom stereocenters. The van der Waals surface area contributed by atoms with Gasteiger partial charge in [0.2, 0.25) is 11.8 Å². The van der Waals surface area contributed by atoms with Gasteiger partial charge >= 0.3 is 0 Å². The van der Waals surface area contributed by atoms with Crippen LogP contribution < -0.4 is 10.6 Å². The number of benzene rings is 1. The minimum Gasteiger partial charge on any atom is -0.356 e. The Morgan fingerprint density at radius 3 is 2.48 bits per heavy atom. The zero-order valence-electron chi connectivity index (χ0n) is 13.1. The summed E-state index contributed by atoms with van der Waals surface area (Å²) < 4.78 is 1.05. The van der Waals surface area contributed by atoms with E-state index in [0.29, 0.717) is 25.4 Å². The van der Waals surface area contributed by atoms with Crippen molar-refractivity contribution in [2.45, 2.75) is 49.5 Å². The zero-order chi connectivity index (χ0) is 16.5. The number of thioether (sulfide) groups is 1. The van der Waals surface area contributed by atoms with Crippen LogP contribution >= 0.6 is 27.7 Å². The van der Waals surface area contributed by atoms with E-state index in [4.69, 9.17) is 0 Å². The van der Waals surface area contributed by atoms with E-state index in [1.807, 2.05) is 24.3 Å². The summed E-state index contributed by atoms with van der Waals surface area (Å²) in [5, 5.41) is 5.84. The van der Waals surface area contributed by atoms with Crippen LogP contribution in [0.3, 0.4) is 0 Å². The Bertz CT molecular complexity index is 516. The van der Waals surface area contributed by atoms with Crippen LogP contribution in [0, 0.1) is 0 Å². The minimum absolute atomic E-state index is 0.00304. The first-order chi connectivity index (χ1) is 11.1. The molecule has 1 aliphatic carbocycles. The Morgan fingerprint density at radius 2 is 1.78 bits per heavy atom. The maximum Gasteiger partial charge on any atom is 0.221 e.